The molecule has 1 aromatic carbocycles. The summed E-state index contributed by atoms with van der Waals surface area (Å²) in [7, 11) is 1.74. The second-order valence-corrected chi connectivity index (χ2v) is 7.01. The Bertz CT molecular complexity index is 353. The van der Waals surface area contributed by atoms with Crippen LogP contribution in [0.2, 0.25) is 0 Å². The van der Waals surface area contributed by atoms with Crippen LogP contribution in [0.5, 0.6) is 0 Å². The van der Waals surface area contributed by atoms with Gasteiger partial charge in [0.25, 0.3) is 0 Å². The molecule has 1 unspecified atom stereocenters. The van der Waals surface area contributed by atoms with Crippen LogP contribution >= 0.6 is 23.5 Å². The molecule has 2 rings (SSSR count). The van der Waals surface area contributed by atoms with Crippen LogP contribution in [0.15, 0.2) is 24.3 Å². The summed E-state index contributed by atoms with van der Waals surface area (Å²) in [5, 5.41) is 4.35. The van der Waals surface area contributed by atoms with E-state index in [1.54, 1.807) is 7.11 Å². The molecular weight excluding hydrogens is 262 g/mol. The van der Waals surface area contributed by atoms with E-state index < -0.39 is 0 Å². The van der Waals surface area contributed by atoms with Gasteiger partial charge in [-0.05, 0) is 11.1 Å². The van der Waals surface area contributed by atoms with E-state index in [1.165, 1.54) is 28.4 Å². The average molecular weight is 283 g/mol. The van der Waals surface area contributed by atoms with Crippen molar-refractivity contribution in [1.82, 2.24) is 5.32 Å². The van der Waals surface area contributed by atoms with Gasteiger partial charge in [-0.15, -0.1) is 0 Å². The molecule has 1 fully saturated rings. The molecule has 2 nitrogen and oxygen atoms in total. The first-order chi connectivity index (χ1) is 8.88. The maximum Gasteiger partial charge on any atom is 0.0713 e. The van der Waals surface area contributed by atoms with E-state index in [0.717, 1.165) is 18.3 Å². The molecule has 0 amide bonds. The predicted octanol–water partition coefficient (Wildman–Crippen LogP) is 2.77. The highest BCUT2D eigenvalue weighted by atomic mass is 32.2. The molecule has 1 N–H and O–H groups in total. The van der Waals surface area contributed by atoms with Gasteiger partial charge in [-0.1, -0.05) is 24.3 Å². The maximum absolute atomic E-state index is 5.16. The van der Waals surface area contributed by atoms with Crippen LogP contribution in [0.3, 0.4) is 0 Å². The first-order valence-electron chi connectivity index (χ1n) is 6.35. The summed E-state index contributed by atoms with van der Waals surface area (Å²) in [5.74, 6) is 3.92. The number of methoxy groups -OCH3 is 1. The van der Waals surface area contributed by atoms with Gasteiger partial charge >= 0.3 is 0 Å². The molecule has 0 radical (unpaired) electrons. The van der Waals surface area contributed by atoms with Crippen molar-refractivity contribution in [3.63, 3.8) is 0 Å². The number of benzene rings is 1. The Hall–Kier alpha value is -0.160. The first-order valence-corrected chi connectivity index (χ1v) is 8.55. The van der Waals surface area contributed by atoms with E-state index in [1.807, 2.05) is 0 Å². The van der Waals surface area contributed by atoms with Gasteiger partial charge in [-0.2, -0.15) is 23.5 Å². The zero-order valence-electron chi connectivity index (χ0n) is 10.9. The minimum absolute atomic E-state index is 0.697. The SMILES string of the molecule is COCc1cccc(CNCC2CSCCS2)c1. The summed E-state index contributed by atoms with van der Waals surface area (Å²) in [6.45, 7) is 2.77. The van der Waals surface area contributed by atoms with Crippen LogP contribution in [0.25, 0.3) is 0 Å². The molecule has 1 aliphatic heterocycles. The Morgan fingerprint density at radius 2 is 2.22 bits per heavy atom. The Labute approximate surface area is 118 Å². The van der Waals surface area contributed by atoms with Crippen molar-refractivity contribution in [2.24, 2.45) is 0 Å². The van der Waals surface area contributed by atoms with Gasteiger partial charge in [-0.25, -0.2) is 0 Å². The first kappa shape index (κ1) is 14.3. The lowest BCUT2D eigenvalue weighted by Crippen LogP contribution is -2.28. The van der Waals surface area contributed by atoms with Crippen molar-refractivity contribution >= 4 is 23.5 Å². The molecule has 4 heteroatoms. The van der Waals surface area contributed by atoms with Crippen molar-refractivity contribution in [3.8, 4) is 0 Å². The number of nitrogens with one attached hydrogen (secondary N) is 1. The molecule has 1 heterocycles. The second-order valence-electron chi connectivity index (χ2n) is 4.45. The second kappa shape index (κ2) is 8.10. The predicted molar refractivity (Wildman–Crippen MR) is 82.4 cm³/mol. The number of hydrogen-bond acceptors (Lipinski definition) is 4. The van der Waals surface area contributed by atoms with E-state index in [4.69, 9.17) is 4.74 Å². The monoisotopic (exact) mass is 283 g/mol. The molecule has 1 aliphatic rings. The van der Waals surface area contributed by atoms with E-state index in [2.05, 4.69) is 53.1 Å². The Balaban J connectivity index is 1.73. The van der Waals surface area contributed by atoms with Crippen LogP contribution in [-0.4, -0.2) is 36.2 Å². The fraction of sp³-hybridized carbons (Fsp3) is 0.571. The third-order valence-electron chi connectivity index (χ3n) is 2.89. The van der Waals surface area contributed by atoms with Gasteiger partial charge in [0.1, 0.15) is 0 Å². The Morgan fingerprint density at radius 3 is 3.00 bits per heavy atom. The van der Waals surface area contributed by atoms with Crippen molar-refractivity contribution in [2.75, 3.05) is 30.9 Å². The molecule has 1 saturated heterocycles. The summed E-state index contributed by atoms with van der Waals surface area (Å²) in [6, 6.07) is 8.62. The van der Waals surface area contributed by atoms with Gasteiger partial charge in [0, 0.05) is 42.7 Å². The van der Waals surface area contributed by atoms with E-state index >= 15 is 0 Å². The quantitative estimate of drug-likeness (QED) is 0.866. The van der Waals surface area contributed by atoms with E-state index in [0.29, 0.717) is 6.61 Å². The van der Waals surface area contributed by atoms with E-state index in [-0.39, 0.29) is 0 Å². The zero-order valence-corrected chi connectivity index (χ0v) is 12.5. The molecule has 100 valence electrons. The fourth-order valence-electron chi connectivity index (χ4n) is 2.03. The van der Waals surface area contributed by atoms with Crippen molar-refractivity contribution in [2.45, 2.75) is 18.4 Å². The number of thioether (sulfide) groups is 2. The van der Waals surface area contributed by atoms with Crippen molar-refractivity contribution < 1.29 is 4.74 Å². The summed E-state index contributed by atoms with van der Waals surface area (Å²) in [5.41, 5.74) is 2.59. The summed E-state index contributed by atoms with van der Waals surface area (Å²) < 4.78 is 5.16. The smallest absolute Gasteiger partial charge is 0.0713 e. The zero-order chi connectivity index (χ0) is 12.6. The maximum atomic E-state index is 5.16. The lowest BCUT2D eigenvalue weighted by atomic mass is 10.1. The third kappa shape index (κ3) is 4.84. The Morgan fingerprint density at radius 1 is 1.33 bits per heavy atom. The van der Waals surface area contributed by atoms with Crippen LogP contribution < -0.4 is 5.32 Å². The molecule has 0 bridgehead atoms. The number of rotatable bonds is 6. The molecule has 18 heavy (non-hydrogen) atoms. The topological polar surface area (TPSA) is 21.3 Å². The number of ether oxygens (including phenoxy) is 1. The van der Waals surface area contributed by atoms with Crippen molar-refractivity contribution in [3.05, 3.63) is 35.4 Å². The van der Waals surface area contributed by atoms with Gasteiger partial charge in [0.05, 0.1) is 6.61 Å². The normalized spacial score (nSPS) is 19.9. The highest BCUT2D eigenvalue weighted by molar-refractivity contribution is 8.06. The van der Waals surface area contributed by atoms with Crippen LogP contribution in [-0.2, 0) is 17.9 Å². The summed E-state index contributed by atoms with van der Waals surface area (Å²) >= 11 is 4.19. The molecule has 1 atom stereocenters. The largest absolute Gasteiger partial charge is 0.380 e. The molecule has 0 saturated carbocycles. The molecule has 1 aromatic rings. The lowest BCUT2D eigenvalue weighted by Gasteiger charge is -2.21. The van der Waals surface area contributed by atoms with Crippen molar-refractivity contribution in [1.29, 1.82) is 0 Å². The number of hydrogen-bond donors (Lipinski definition) is 1. The molecule has 0 spiro atoms. The van der Waals surface area contributed by atoms with Gasteiger partial charge in [0.2, 0.25) is 0 Å². The van der Waals surface area contributed by atoms with Gasteiger partial charge in [0.15, 0.2) is 0 Å². The lowest BCUT2D eigenvalue weighted by molar-refractivity contribution is 0.185. The minimum atomic E-state index is 0.697. The third-order valence-corrected chi connectivity index (χ3v) is 5.73. The highest BCUT2D eigenvalue weighted by Crippen LogP contribution is 2.23. The molecule has 0 aliphatic carbocycles. The average Bonchev–Trinajstić information content (AvgIpc) is 2.41. The van der Waals surface area contributed by atoms with Crippen LogP contribution in [0.1, 0.15) is 11.1 Å². The minimum Gasteiger partial charge on any atom is -0.380 e. The van der Waals surface area contributed by atoms with Gasteiger partial charge < -0.3 is 10.1 Å². The molecule has 0 aromatic heterocycles. The Kier molecular flexibility index (Phi) is 6.41. The van der Waals surface area contributed by atoms with Crippen LogP contribution in [0.4, 0.5) is 0 Å². The summed E-state index contributed by atoms with van der Waals surface area (Å²) in [4.78, 5) is 0. The van der Waals surface area contributed by atoms with E-state index in [9.17, 15) is 0 Å². The van der Waals surface area contributed by atoms with Crippen LogP contribution in [0, 0.1) is 0 Å². The fourth-order valence-corrected chi connectivity index (χ4v) is 4.67. The highest BCUT2D eigenvalue weighted by Gasteiger charge is 2.13. The van der Waals surface area contributed by atoms with Gasteiger partial charge in [-0.3, -0.25) is 0 Å². The summed E-state index contributed by atoms with van der Waals surface area (Å²) in [6.07, 6.45) is 0. The molecular formula is C14H21NOS2. The standard InChI is InChI=1S/C14H21NOS2/c1-16-10-13-4-2-3-12(7-13)8-15-9-14-11-17-5-6-18-14/h2-4,7,14-15H,5-6,8-11H2,1H3.